The first-order valence-corrected chi connectivity index (χ1v) is 8.22. The predicted molar refractivity (Wildman–Crippen MR) is 92.8 cm³/mol. The van der Waals surface area contributed by atoms with Gasteiger partial charge in [-0.25, -0.2) is 4.79 Å². The molecule has 0 saturated heterocycles. The topological polar surface area (TPSA) is 90.2 Å². The van der Waals surface area contributed by atoms with E-state index in [2.05, 4.69) is 5.32 Å². The van der Waals surface area contributed by atoms with Crippen molar-refractivity contribution in [2.75, 3.05) is 0 Å². The molecule has 3 rings (SSSR count). The minimum atomic E-state index is -1.08. The standard InChI is InChI=1S/C20H18N2O3/c21-12-6-5-11-17(20(24)25)22-19(23)18-15-9-3-1-7-13(15)14-8-2-4-10-16(14)18/h1-4,7-10,17-18H,5-6,11H2,(H,22,23)(H,24,25)/t17-/m1/s1. The molecule has 2 aromatic rings. The van der Waals surface area contributed by atoms with Crippen LogP contribution in [-0.4, -0.2) is 23.0 Å². The van der Waals surface area contributed by atoms with Crippen molar-refractivity contribution in [3.05, 3.63) is 59.7 Å². The SMILES string of the molecule is N#CCCC[C@@H](NC(=O)C1c2ccccc2-c2ccccc21)C(=O)O. The minimum Gasteiger partial charge on any atom is -0.480 e. The Hall–Kier alpha value is -3.13. The molecule has 1 atom stereocenters. The van der Waals surface area contributed by atoms with Crippen LogP contribution in [0.4, 0.5) is 0 Å². The van der Waals surface area contributed by atoms with Crippen molar-refractivity contribution >= 4 is 11.9 Å². The average Bonchev–Trinajstić information content (AvgIpc) is 2.95. The molecule has 1 amide bonds. The first-order valence-electron chi connectivity index (χ1n) is 8.22. The van der Waals surface area contributed by atoms with E-state index in [1.165, 1.54) is 0 Å². The number of carbonyl (C=O) groups is 2. The van der Waals surface area contributed by atoms with E-state index < -0.39 is 17.9 Å². The van der Waals surface area contributed by atoms with Crippen molar-refractivity contribution in [2.45, 2.75) is 31.2 Å². The van der Waals surface area contributed by atoms with Gasteiger partial charge in [0, 0.05) is 6.42 Å². The van der Waals surface area contributed by atoms with E-state index in [4.69, 9.17) is 5.26 Å². The second-order valence-corrected chi connectivity index (χ2v) is 6.06. The Morgan fingerprint density at radius 3 is 2.16 bits per heavy atom. The average molecular weight is 334 g/mol. The molecule has 2 aromatic carbocycles. The van der Waals surface area contributed by atoms with Gasteiger partial charge in [-0.15, -0.1) is 0 Å². The van der Waals surface area contributed by atoms with E-state index >= 15 is 0 Å². The number of nitrogens with one attached hydrogen (secondary N) is 1. The number of aliphatic carboxylic acids is 1. The van der Waals surface area contributed by atoms with Crippen LogP contribution in [0.5, 0.6) is 0 Å². The lowest BCUT2D eigenvalue weighted by Gasteiger charge is -2.18. The zero-order chi connectivity index (χ0) is 17.8. The largest absolute Gasteiger partial charge is 0.480 e. The van der Waals surface area contributed by atoms with Gasteiger partial charge in [0.05, 0.1) is 12.0 Å². The third-order valence-corrected chi connectivity index (χ3v) is 4.49. The second kappa shape index (κ2) is 7.18. The Bertz CT molecular complexity index is 809. The number of nitriles is 1. The third-order valence-electron chi connectivity index (χ3n) is 4.49. The van der Waals surface area contributed by atoms with Crippen LogP contribution in [0.15, 0.2) is 48.5 Å². The van der Waals surface area contributed by atoms with Crippen molar-refractivity contribution in [3.8, 4) is 17.2 Å². The molecule has 126 valence electrons. The van der Waals surface area contributed by atoms with E-state index in [1.807, 2.05) is 54.6 Å². The van der Waals surface area contributed by atoms with E-state index in [0.717, 1.165) is 22.3 Å². The number of unbranched alkanes of at least 4 members (excludes halogenated alkanes) is 1. The molecule has 5 heteroatoms. The normalized spacial score (nSPS) is 13.4. The van der Waals surface area contributed by atoms with Crippen LogP contribution in [0.1, 0.15) is 36.3 Å². The Balaban J connectivity index is 1.87. The highest BCUT2D eigenvalue weighted by atomic mass is 16.4. The molecular formula is C20H18N2O3. The molecule has 0 spiro atoms. The van der Waals surface area contributed by atoms with Gasteiger partial charge >= 0.3 is 5.97 Å². The van der Waals surface area contributed by atoms with E-state index in [9.17, 15) is 14.7 Å². The fourth-order valence-electron chi connectivity index (χ4n) is 3.34. The van der Waals surface area contributed by atoms with E-state index in [0.29, 0.717) is 6.42 Å². The molecule has 2 N–H and O–H groups in total. The lowest BCUT2D eigenvalue weighted by atomic mass is 9.95. The molecule has 0 heterocycles. The van der Waals surface area contributed by atoms with Crippen LogP contribution >= 0.6 is 0 Å². The number of rotatable bonds is 6. The number of carboxylic acid groups (broad SMARTS) is 1. The van der Waals surface area contributed by atoms with Gasteiger partial charge in [0.1, 0.15) is 6.04 Å². The molecule has 5 nitrogen and oxygen atoms in total. The third kappa shape index (κ3) is 3.24. The molecule has 1 aliphatic rings. The molecule has 0 aromatic heterocycles. The molecule has 0 radical (unpaired) electrons. The smallest absolute Gasteiger partial charge is 0.326 e. The summed E-state index contributed by atoms with van der Waals surface area (Å²) in [4.78, 5) is 24.3. The second-order valence-electron chi connectivity index (χ2n) is 6.06. The maximum Gasteiger partial charge on any atom is 0.326 e. The highest BCUT2D eigenvalue weighted by molar-refractivity contribution is 5.97. The van der Waals surface area contributed by atoms with Gasteiger partial charge in [0.2, 0.25) is 5.91 Å². The molecule has 1 aliphatic carbocycles. The van der Waals surface area contributed by atoms with Crippen LogP contribution in [0.2, 0.25) is 0 Å². The van der Waals surface area contributed by atoms with Crippen LogP contribution in [-0.2, 0) is 9.59 Å². The van der Waals surface area contributed by atoms with Gasteiger partial charge in [-0.1, -0.05) is 48.5 Å². The van der Waals surface area contributed by atoms with Gasteiger partial charge in [0.25, 0.3) is 0 Å². The first-order chi connectivity index (χ1) is 12.1. The summed E-state index contributed by atoms with van der Waals surface area (Å²) in [7, 11) is 0. The quantitative estimate of drug-likeness (QED) is 0.794. The van der Waals surface area contributed by atoms with Gasteiger partial charge in [-0.2, -0.15) is 5.26 Å². The maximum absolute atomic E-state index is 12.9. The molecule has 0 bridgehead atoms. The number of hydrogen-bond donors (Lipinski definition) is 2. The number of benzene rings is 2. The van der Waals surface area contributed by atoms with Crippen molar-refractivity contribution in [2.24, 2.45) is 0 Å². The molecule has 0 saturated carbocycles. The summed E-state index contributed by atoms with van der Waals surface area (Å²) in [5, 5.41) is 20.6. The van der Waals surface area contributed by atoms with Crippen LogP contribution < -0.4 is 5.32 Å². The molecule has 0 fully saturated rings. The minimum absolute atomic E-state index is 0.241. The summed E-state index contributed by atoms with van der Waals surface area (Å²) in [5.74, 6) is -1.90. The monoisotopic (exact) mass is 334 g/mol. The van der Waals surface area contributed by atoms with Gasteiger partial charge < -0.3 is 10.4 Å². The van der Waals surface area contributed by atoms with Gasteiger partial charge in [-0.05, 0) is 35.1 Å². The number of fused-ring (bicyclic) bond motifs is 3. The fraction of sp³-hybridized carbons (Fsp3) is 0.250. The number of hydrogen-bond acceptors (Lipinski definition) is 3. The lowest BCUT2D eigenvalue weighted by molar-refractivity contribution is -0.142. The van der Waals surface area contributed by atoms with Crippen molar-refractivity contribution in [3.63, 3.8) is 0 Å². The number of nitrogens with zero attached hydrogens (tertiary/aromatic N) is 1. The highest BCUT2D eigenvalue weighted by Gasteiger charge is 2.35. The van der Waals surface area contributed by atoms with Gasteiger partial charge in [0.15, 0.2) is 0 Å². The summed E-state index contributed by atoms with van der Waals surface area (Å²) in [6, 6.07) is 16.4. The van der Waals surface area contributed by atoms with Crippen LogP contribution in [0.25, 0.3) is 11.1 Å². The van der Waals surface area contributed by atoms with Gasteiger partial charge in [-0.3, -0.25) is 4.79 Å². The summed E-state index contributed by atoms with van der Waals surface area (Å²) >= 11 is 0. The van der Waals surface area contributed by atoms with Crippen LogP contribution in [0.3, 0.4) is 0 Å². The number of carboxylic acids is 1. The summed E-state index contributed by atoms with van der Waals surface area (Å²) in [6.45, 7) is 0. The maximum atomic E-state index is 12.9. The predicted octanol–water partition coefficient (Wildman–Crippen LogP) is 3.06. The molecule has 0 aliphatic heterocycles. The fourth-order valence-corrected chi connectivity index (χ4v) is 3.34. The van der Waals surface area contributed by atoms with E-state index in [-0.39, 0.29) is 18.7 Å². The Morgan fingerprint density at radius 2 is 1.64 bits per heavy atom. The first kappa shape index (κ1) is 16.7. The van der Waals surface area contributed by atoms with Crippen molar-refractivity contribution in [1.29, 1.82) is 5.26 Å². The molecule has 25 heavy (non-hydrogen) atoms. The van der Waals surface area contributed by atoms with Crippen molar-refractivity contribution < 1.29 is 14.7 Å². The zero-order valence-electron chi connectivity index (χ0n) is 13.6. The lowest BCUT2D eigenvalue weighted by Crippen LogP contribution is -2.43. The Kier molecular flexibility index (Phi) is 4.80. The van der Waals surface area contributed by atoms with E-state index in [1.54, 1.807) is 0 Å². The number of carbonyl (C=O) groups excluding carboxylic acids is 1. The zero-order valence-corrected chi connectivity index (χ0v) is 13.6. The molecular weight excluding hydrogens is 316 g/mol. The molecule has 0 unspecified atom stereocenters. The highest BCUT2D eigenvalue weighted by Crippen LogP contribution is 2.44. The van der Waals surface area contributed by atoms with Crippen LogP contribution in [0, 0.1) is 11.3 Å². The summed E-state index contributed by atoms with van der Waals surface area (Å²) in [6.07, 6.45) is 0.949. The summed E-state index contributed by atoms with van der Waals surface area (Å²) in [5.41, 5.74) is 3.80. The number of amides is 1. The Labute approximate surface area is 145 Å². The van der Waals surface area contributed by atoms with Crippen molar-refractivity contribution in [1.82, 2.24) is 5.32 Å². The summed E-state index contributed by atoms with van der Waals surface area (Å²) < 4.78 is 0. The Morgan fingerprint density at radius 1 is 1.08 bits per heavy atom.